The topological polar surface area (TPSA) is 92.8 Å². The SMILES string of the molecule is CCOC(=O)c1cccc(NC(=O)CN(c2ccc(C)c(C)c2)S(C)(=O)=O)c1C. The van der Waals surface area contributed by atoms with E-state index in [-0.39, 0.29) is 13.2 Å². The van der Waals surface area contributed by atoms with Gasteiger partial charge in [0.25, 0.3) is 0 Å². The molecule has 0 aromatic heterocycles. The molecule has 8 heteroatoms. The van der Waals surface area contributed by atoms with Crippen LogP contribution in [-0.4, -0.2) is 39.7 Å². The van der Waals surface area contributed by atoms with E-state index in [4.69, 9.17) is 4.74 Å². The van der Waals surface area contributed by atoms with Gasteiger partial charge in [-0.05, 0) is 68.7 Å². The van der Waals surface area contributed by atoms with Crippen LogP contribution in [0, 0.1) is 20.8 Å². The second-order valence-corrected chi connectivity index (χ2v) is 8.69. The van der Waals surface area contributed by atoms with Crippen molar-refractivity contribution < 1.29 is 22.7 Å². The number of anilines is 2. The predicted octanol–water partition coefficient (Wildman–Crippen LogP) is 3.19. The molecule has 0 aliphatic rings. The monoisotopic (exact) mass is 418 g/mol. The second-order valence-electron chi connectivity index (χ2n) is 6.78. The van der Waals surface area contributed by atoms with Crippen molar-refractivity contribution in [3.8, 4) is 0 Å². The van der Waals surface area contributed by atoms with Crippen LogP contribution in [0.2, 0.25) is 0 Å². The van der Waals surface area contributed by atoms with Crippen LogP contribution in [0.1, 0.15) is 34.0 Å². The van der Waals surface area contributed by atoms with E-state index < -0.39 is 21.9 Å². The van der Waals surface area contributed by atoms with Gasteiger partial charge in [-0.2, -0.15) is 0 Å². The summed E-state index contributed by atoms with van der Waals surface area (Å²) in [6, 6.07) is 10.1. The number of sulfonamides is 1. The molecule has 156 valence electrons. The zero-order chi connectivity index (χ0) is 21.8. The fourth-order valence-corrected chi connectivity index (χ4v) is 3.65. The summed E-state index contributed by atoms with van der Waals surface area (Å²) < 4.78 is 30.6. The minimum atomic E-state index is -3.68. The second kappa shape index (κ2) is 9.09. The first kappa shape index (κ1) is 22.4. The first-order chi connectivity index (χ1) is 13.5. The smallest absolute Gasteiger partial charge is 0.338 e. The number of benzene rings is 2. The highest BCUT2D eigenvalue weighted by molar-refractivity contribution is 7.92. The molecule has 0 aliphatic carbocycles. The van der Waals surface area contributed by atoms with E-state index in [1.807, 2.05) is 19.9 Å². The fourth-order valence-electron chi connectivity index (χ4n) is 2.80. The molecule has 0 spiro atoms. The van der Waals surface area contributed by atoms with Gasteiger partial charge in [0, 0.05) is 5.69 Å². The van der Waals surface area contributed by atoms with E-state index >= 15 is 0 Å². The number of aryl methyl sites for hydroxylation is 2. The number of carbonyl (C=O) groups is 2. The minimum absolute atomic E-state index is 0.244. The Bertz CT molecular complexity index is 1030. The summed E-state index contributed by atoms with van der Waals surface area (Å²) in [5.74, 6) is -0.994. The van der Waals surface area contributed by atoms with Gasteiger partial charge in [0.05, 0.1) is 24.1 Å². The van der Waals surface area contributed by atoms with Gasteiger partial charge in [-0.15, -0.1) is 0 Å². The van der Waals surface area contributed by atoms with Crippen LogP contribution in [0.3, 0.4) is 0 Å². The van der Waals surface area contributed by atoms with Crippen LogP contribution in [-0.2, 0) is 19.6 Å². The zero-order valence-corrected chi connectivity index (χ0v) is 18.1. The summed E-state index contributed by atoms with van der Waals surface area (Å²) >= 11 is 0. The lowest BCUT2D eigenvalue weighted by Crippen LogP contribution is -2.37. The third-order valence-corrected chi connectivity index (χ3v) is 5.71. The third-order valence-electron chi connectivity index (χ3n) is 4.57. The normalized spacial score (nSPS) is 11.1. The van der Waals surface area contributed by atoms with Gasteiger partial charge in [-0.1, -0.05) is 12.1 Å². The Hall–Kier alpha value is -2.87. The van der Waals surface area contributed by atoms with Gasteiger partial charge in [0.15, 0.2) is 0 Å². The molecule has 0 radical (unpaired) electrons. The summed E-state index contributed by atoms with van der Waals surface area (Å²) in [7, 11) is -3.68. The van der Waals surface area contributed by atoms with Gasteiger partial charge >= 0.3 is 5.97 Å². The number of hydrogen-bond donors (Lipinski definition) is 1. The predicted molar refractivity (Wildman–Crippen MR) is 114 cm³/mol. The highest BCUT2D eigenvalue weighted by Gasteiger charge is 2.22. The van der Waals surface area contributed by atoms with Gasteiger partial charge in [0.1, 0.15) is 6.54 Å². The number of amides is 1. The van der Waals surface area contributed by atoms with Crippen LogP contribution in [0.25, 0.3) is 0 Å². The molecule has 0 atom stereocenters. The van der Waals surface area contributed by atoms with E-state index in [1.54, 1.807) is 44.2 Å². The Balaban J connectivity index is 2.26. The lowest BCUT2D eigenvalue weighted by molar-refractivity contribution is -0.114. The highest BCUT2D eigenvalue weighted by Crippen LogP contribution is 2.23. The molecule has 29 heavy (non-hydrogen) atoms. The van der Waals surface area contributed by atoms with E-state index in [0.717, 1.165) is 21.7 Å². The molecular formula is C21H26N2O5S. The van der Waals surface area contributed by atoms with Crippen LogP contribution in [0.4, 0.5) is 11.4 Å². The maximum absolute atomic E-state index is 12.6. The van der Waals surface area contributed by atoms with Gasteiger partial charge < -0.3 is 10.1 Å². The standard InChI is InChI=1S/C21H26N2O5S/c1-6-28-21(25)18-8-7-9-19(16(18)4)22-20(24)13-23(29(5,26)27)17-11-10-14(2)15(3)12-17/h7-12H,6,13H2,1-5H3,(H,22,24). The molecule has 2 aromatic rings. The van der Waals surface area contributed by atoms with Crippen molar-refractivity contribution >= 4 is 33.3 Å². The summed E-state index contributed by atoms with van der Waals surface area (Å²) in [4.78, 5) is 24.7. The van der Waals surface area contributed by atoms with Crippen molar-refractivity contribution in [1.82, 2.24) is 0 Å². The van der Waals surface area contributed by atoms with Gasteiger partial charge in [-0.25, -0.2) is 13.2 Å². The van der Waals surface area contributed by atoms with Crippen molar-refractivity contribution in [2.75, 3.05) is 29.0 Å². The number of nitrogens with zero attached hydrogens (tertiary/aromatic N) is 1. The molecule has 2 rings (SSSR count). The molecule has 0 aliphatic heterocycles. The highest BCUT2D eigenvalue weighted by atomic mass is 32.2. The van der Waals surface area contributed by atoms with Crippen molar-refractivity contribution in [3.05, 3.63) is 58.7 Å². The number of carbonyl (C=O) groups excluding carboxylic acids is 2. The van der Waals surface area contributed by atoms with Crippen LogP contribution < -0.4 is 9.62 Å². The maximum atomic E-state index is 12.6. The van der Waals surface area contributed by atoms with Crippen molar-refractivity contribution in [2.45, 2.75) is 27.7 Å². The number of nitrogens with one attached hydrogen (secondary N) is 1. The average molecular weight is 419 g/mol. The lowest BCUT2D eigenvalue weighted by atomic mass is 10.1. The molecular weight excluding hydrogens is 392 g/mol. The largest absolute Gasteiger partial charge is 0.462 e. The molecule has 0 saturated heterocycles. The summed E-state index contributed by atoms with van der Waals surface area (Å²) in [5, 5.41) is 2.69. The summed E-state index contributed by atoms with van der Waals surface area (Å²) in [5.41, 5.74) is 3.69. The van der Waals surface area contributed by atoms with Crippen molar-refractivity contribution in [2.24, 2.45) is 0 Å². The third kappa shape index (κ3) is 5.57. The Morgan fingerprint density at radius 2 is 1.76 bits per heavy atom. The number of ether oxygens (including phenoxy) is 1. The summed E-state index contributed by atoms with van der Waals surface area (Å²) in [6.07, 6.45) is 1.06. The summed E-state index contributed by atoms with van der Waals surface area (Å²) in [6.45, 7) is 7.07. The first-order valence-corrected chi connectivity index (χ1v) is 11.0. The minimum Gasteiger partial charge on any atom is -0.462 e. The molecule has 0 bridgehead atoms. The van der Waals surface area contributed by atoms with Crippen LogP contribution in [0.5, 0.6) is 0 Å². The molecule has 0 unspecified atom stereocenters. The zero-order valence-electron chi connectivity index (χ0n) is 17.3. The Morgan fingerprint density at radius 3 is 2.34 bits per heavy atom. The molecule has 0 fully saturated rings. The van der Waals surface area contributed by atoms with Crippen molar-refractivity contribution in [3.63, 3.8) is 0 Å². The van der Waals surface area contributed by atoms with Gasteiger partial charge in [-0.3, -0.25) is 9.10 Å². The van der Waals surface area contributed by atoms with E-state index in [2.05, 4.69) is 5.32 Å². The van der Waals surface area contributed by atoms with E-state index in [1.165, 1.54) is 0 Å². The quantitative estimate of drug-likeness (QED) is 0.697. The Kier molecular flexibility index (Phi) is 7.02. The molecule has 1 amide bonds. The molecule has 1 N–H and O–H groups in total. The first-order valence-electron chi connectivity index (χ1n) is 9.16. The molecule has 0 saturated carbocycles. The van der Waals surface area contributed by atoms with Crippen LogP contribution in [0.15, 0.2) is 36.4 Å². The van der Waals surface area contributed by atoms with Crippen LogP contribution >= 0.6 is 0 Å². The fraction of sp³-hybridized carbons (Fsp3) is 0.333. The van der Waals surface area contributed by atoms with Crippen molar-refractivity contribution in [1.29, 1.82) is 0 Å². The Morgan fingerprint density at radius 1 is 1.07 bits per heavy atom. The number of rotatable bonds is 7. The molecule has 0 heterocycles. The van der Waals surface area contributed by atoms with E-state index in [9.17, 15) is 18.0 Å². The Labute approximate surface area is 171 Å². The number of hydrogen-bond acceptors (Lipinski definition) is 5. The lowest BCUT2D eigenvalue weighted by Gasteiger charge is -2.23. The van der Waals surface area contributed by atoms with E-state index in [0.29, 0.717) is 22.5 Å². The number of esters is 1. The molecule has 2 aromatic carbocycles. The average Bonchev–Trinajstić information content (AvgIpc) is 2.63. The molecule has 7 nitrogen and oxygen atoms in total. The van der Waals surface area contributed by atoms with Gasteiger partial charge in [0.2, 0.25) is 15.9 Å². The maximum Gasteiger partial charge on any atom is 0.338 e.